The van der Waals surface area contributed by atoms with Gasteiger partial charge in [-0.3, -0.25) is 4.79 Å². The molecule has 2 aromatic rings. The van der Waals surface area contributed by atoms with Gasteiger partial charge in [-0.15, -0.1) is 11.3 Å². The Balaban J connectivity index is 2.34. The van der Waals surface area contributed by atoms with Crippen molar-refractivity contribution in [3.05, 3.63) is 44.6 Å². The summed E-state index contributed by atoms with van der Waals surface area (Å²) in [7, 11) is -3.30. The van der Waals surface area contributed by atoms with Crippen molar-refractivity contribution in [3.8, 4) is 0 Å². The summed E-state index contributed by atoms with van der Waals surface area (Å²) in [5.41, 5.74) is 1.30. The van der Waals surface area contributed by atoms with Gasteiger partial charge < -0.3 is 5.32 Å². The van der Waals surface area contributed by atoms with E-state index in [1.807, 2.05) is 6.92 Å². The molecule has 0 saturated carbocycles. The number of nitrogens with one attached hydrogen (secondary N) is 1. The van der Waals surface area contributed by atoms with Gasteiger partial charge in [-0.05, 0) is 52.0 Å². The zero-order valence-corrected chi connectivity index (χ0v) is 14.0. The Kier molecular flexibility index (Phi) is 4.31. The molecule has 0 radical (unpaired) electrons. The fraction of sp³-hybridized carbons (Fsp3) is 0.154. The van der Waals surface area contributed by atoms with E-state index in [1.165, 1.54) is 23.5 Å². The molecule has 0 spiro atoms. The maximum atomic E-state index is 12.1. The summed E-state index contributed by atoms with van der Waals surface area (Å²) >= 11 is 4.61. The van der Waals surface area contributed by atoms with E-state index < -0.39 is 9.84 Å². The predicted octanol–water partition coefficient (Wildman–Crippen LogP) is 3.47. The quantitative estimate of drug-likeness (QED) is 0.895. The second-order valence-corrected chi connectivity index (χ2v) is 8.09. The first-order chi connectivity index (χ1) is 9.29. The molecule has 1 aromatic carbocycles. The predicted molar refractivity (Wildman–Crippen MR) is 84.3 cm³/mol. The molecule has 0 atom stereocenters. The Morgan fingerprint density at radius 3 is 2.55 bits per heavy atom. The van der Waals surface area contributed by atoms with Crippen LogP contribution in [0.15, 0.2) is 39.0 Å². The van der Waals surface area contributed by atoms with Crippen molar-refractivity contribution in [2.45, 2.75) is 11.8 Å². The normalized spacial score (nSPS) is 11.3. The molecule has 7 heteroatoms. The number of halogens is 1. The van der Waals surface area contributed by atoms with Gasteiger partial charge in [-0.25, -0.2) is 8.42 Å². The highest BCUT2D eigenvalue weighted by molar-refractivity contribution is 9.10. The van der Waals surface area contributed by atoms with Gasteiger partial charge in [0.05, 0.1) is 4.90 Å². The van der Waals surface area contributed by atoms with Crippen molar-refractivity contribution in [2.75, 3.05) is 11.6 Å². The minimum absolute atomic E-state index is 0.184. The first-order valence-corrected chi connectivity index (χ1v) is 9.20. The Morgan fingerprint density at radius 1 is 1.30 bits per heavy atom. The van der Waals surface area contributed by atoms with Crippen LogP contribution < -0.4 is 5.32 Å². The SMILES string of the molecule is Cc1ccc(S(C)(=O)=O)cc1NC(=O)c1sccc1Br. The molecule has 1 N–H and O–H groups in total. The van der Waals surface area contributed by atoms with E-state index in [-0.39, 0.29) is 10.8 Å². The van der Waals surface area contributed by atoms with E-state index in [2.05, 4.69) is 21.2 Å². The summed E-state index contributed by atoms with van der Waals surface area (Å²) in [4.78, 5) is 12.9. The van der Waals surface area contributed by atoms with Crippen LogP contribution >= 0.6 is 27.3 Å². The summed E-state index contributed by atoms with van der Waals surface area (Å²) in [5.74, 6) is -0.263. The first kappa shape index (κ1) is 15.2. The molecule has 4 nitrogen and oxygen atoms in total. The maximum Gasteiger partial charge on any atom is 0.266 e. The first-order valence-electron chi connectivity index (χ1n) is 5.64. The fourth-order valence-corrected chi connectivity index (χ4v) is 3.69. The number of benzene rings is 1. The third-order valence-electron chi connectivity index (χ3n) is 2.71. The summed E-state index contributed by atoms with van der Waals surface area (Å²) in [6, 6.07) is 6.47. The van der Waals surface area contributed by atoms with Gasteiger partial charge in [0.15, 0.2) is 9.84 Å². The number of amides is 1. The van der Waals surface area contributed by atoms with Crippen LogP contribution in [-0.4, -0.2) is 20.6 Å². The van der Waals surface area contributed by atoms with E-state index >= 15 is 0 Å². The molecule has 0 fully saturated rings. The van der Waals surface area contributed by atoms with Crippen LogP contribution in [-0.2, 0) is 9.84 Å². The van der Waals surface area contributed by atoms with Crippen LogP contribution in [0.25, 0.3) is 0 Å². The van der Waals surface area contributed by atoms with E-state index in [0.29, 0.717) is 10.6 Å². The summed E-state index contributed by atoms with van der Waals surface area (Å²) in [6.07, 6.45) is 1.14. The van der Waals surface area contributed by atoms with Crippen molar-refractivity contribution in [2.24, 2.45) is 0 Å². The number of hydrogen-bond acceptors (Lipinski definition) is 4. The molecule has 0 aliphatic carbocycles. The van der Waals surface area contributed by atoms with Crippen molar-refractivity contribution in [3.63, 3.8) is 0 Å². The smallest absolute Gasteiger partial charge is 0.266 e. The van der Waals surface area contributed by atoms with Gasteiger partial charge in [0.25, 0.3) is 5.91 Å². The van der Waals surface area contributed by atoms with Gasteiger partial charge in [0, 0.05) is 16.4 Å². The zero-order chi connectivity index (χ0) is 14.9. The van der Waals surface area contributed by atoms with Crippen molar-refractivity contribution in [1.29, 1.82) is 0 Å². The maximum absolute atomic E-state index is 12.1. The van der Waals surface area contributed by atoms with E-state index in [1.54, 1.807) is 17.5 Å². The van der Waals surface area contributed by atoms with E-state index in [0.717, 1.165) is 16.3 Å². The van der Waals surface area contributed by atoms with Gasteiger partial charge in [-0.2, -0.15) is 0 Å². The fourth-order valence-electron chi connectivity index (χ4n) is 1.60. The highest BCUT2D eigenvalue weighted by Crippen LogP contribution is 2.25. The monoisotopic (exact) mass is 373 g/mol. The Labute approximate surface area is 129 Å². The standard InChI is InChI=1S/C13H12BrNO3S2/c1-8-3-4-9(20(2,17)18)7-11(8)15-13(16)12-10(14)5-6-19-12/h3-7H,1-2H3,(H,15,16). The number of hydrogen-bond donors (Lipinski definition) is 1. The molecule has 0 bridgehead atoms. The van der Waals surface area contributed by atoms with Crippen molar-refractivity contribution in [1.82, 2.24) is 0 Å². The Hall–Kier alpha value is -1.18. The second-order valence-electron chi connectivity index (χ2n) is 4.30. The summed E-state index contributed by atoms with van der Waals surface area (Å²) in [5, 5.41) is 4.55. The van der Waals surface area contributed by atoms with Gasteiger partial charge >= 0.3 is 0 Å². The number of sulfone groups is 1. The number of carbonyl (C=O) groups is 1. The topological polar surface area (TPSA) is 63.2 Å². The molecule has 0 saturated heterocycles. The lowest BCUT2D eigenvalue weighted by Crippen LogP contribution is -2.12. The van der Waals surface area contributed by atoms with Crippen molar-refractivity contribution >= 4 is 48.7 Å². The van der Waals surface area contributed by atoms with Crippen LogP contribution in [0.2, 0.25) is 0 Å². The minimum Gasteiger partial charge on any atom is -0.321 e. The van der Waals surface area contributed by atoms with Gasteiger partial charge in [-0.1, -0.05) is 6.07 Å². The molecular formula is C13H12BrNO3S2. The number of rotatable bonds is 3. The molecule has 1 aromatic heterocycles. The Bertz CT molecular complexity index is 766. The van der Waals surface area contributed by atoms with Crippen LogP contribution in [0, 0.1) is 6.92 Å². The molecule has 0 unspecified atom stereocenters. The highest BCUT2D eigenvalue weighted by Gasteiger charge is 2.15. The molecule has 1 amide bonds. The number of thiophene rings is 1. The molecule has 20 heavy (non-hydrogen) atoms. The van der Waals surface area contributed by atoms with Gasteiger partial charge in [0.2, 0.25) is 0 Å². The van der Waals surface area contributed by atoms with E-state index in [9.17, 15) is 13.2 Å². The molecule has 106 valence electrons. The van der Waals surface area contributed by atoms with E-state index in [4.69, 9.17) is 0 Å². The molecule has 2 rings (SSSR count). The lowest BCUT2D eigenvalue weighted by molar-refractivity contribution is 0.103. The number of carbonyl (C=O) groups excluding carboxylic acids is 1. The molecule has 0 aliphatic heterocycles. The molecule has 0 aliphatic rings. The zero-order valence-electron chi connectivity index (χ0n) is 10.8. The lowest BCUT2D eigenvalue weighted by Gasteiger charge is -2.09. The third kappa shape index (κ3) is 3.28. The van der Waals surface area contributed by atoms with Gasteiger partial charge in [0.1, 0.15) is 4.88 Å². The summed E-state index contributed by atoms with van der Waals surface area (Å²) in [6.45, 7) is 1.81. The van der Waals surface area contributed by atoms with Crippen LogP contribution in [0.1, 0.15) is 15.2 Å². The van der Waals surface area contributed by atoms with Crippen molar-refractivity contribution < 1.29 is 13.2 Å². The Morgan fingerprint density at radius 2 is 2.00 bits per heavy atom. The third-order valence-corrected chi connectivity index (χ3v) is 5.66. The molecular weight excluding hydrogens is 362 g/mol. The van der Waals surface area contributed by atoms with Crippen LogP contribution in [0.5, 0.6) is 0 Å². The summed E-state index contributed by atoms with van der Waals surface area (Å²) < 4.78 is 23.8. The minimum atomic E-state index is -3.30. The highest BCUT2D eigenvalue weighted by atomic mass is 79.9. The largest absolute Gasteiger partial charge is 0.321 e. The lowest BCUT2D eigenvalue weighted by atomic mass is 10.2. The average Bonchev–Trinajstić information content (AvgIpc) is 2.77. The molecule has 1 heterocycles. The number of aryl methyl sites for hydroxylation is 1. The second kappa shape index (κ2) is 5.67. The average molecular weight is 374 g/mol. The van der Waals surface area contributed by atoms with Crippen LogP contribution in [0.3, 0.4) is 0 Å². The van der Waals surface area contributed by atoms with Crippen LogP contribution in [0.4, 0.5) is 5.69 Å². The number of anilines is 1.